The van der Waals surface area contributed by atoms with Crippen LogP contribution in [0.1, 0.15) is 23.6 Å². The van der Waals surface area contributed by atoms with Crippen molar-refractivity contribution < 1.29 is 0 Å². The Morgan fingerprint density at radius 2 is 1.24 bits per heavy atom. The lowest BCUT2D eigenvalue weighted by Crippen LogP contribution is -2.31. The quantitative estimate of drug-likeness (QED) is 0.182. The number of hydrogen-bond acceptors (Lipinski definition) is 2. The van der Waals surface area contributed by atoms with Gasteiger partial charge >= 0.3 is 0 Å². The van der Waals surface area contributed by atoms with Crippen molar-refractivity contribution in [2.45, 2.75) is 19.0 Å². The van der Waals surface area contributed by atoms with Gasteiger partial charge in [-0.15, -0.1) is 0 Å². The molecule has 1 atom stereocenters. The van der Waals surface area contributed by atoms with Crippen LogP contribution in [0.5, 0.6) is 0 Å². The number of aliphatic imine (C=N–C) groups is 2. The SMILES string of the molecule is C=NCn1c2ccccc2c2cc(-n3c4ccccc4c4cc5c(cc43)C(C)(c3ccccc3)C(c3ccccc3)=N5)ccc21. The maximum absolute atomic E-state index is 5.38. The zero-order chi connectivity index (χ0) is 30.1. The third-order valence-electron chi connectivity index (χ3n) is 9.69. The summed E-state index contributed by atoms with van der Waals surface area (Å²) in [5.74, 6) is 0. The van der Waals surface area contributed by atoms with E-state index >= 15 is 0 Å². The minimum absolute atomic E-state index is 0.414. The van der Waals surface area contributed by atoms with Crippen LogP contribution in [0.4, 0.5) is 5.69 Å². The largest absolute Gasteiger partial charge is 0.320 e. The zero-order valence-electron chi connectivity index (χ0n) is 25.0. The molecule has 0 amide bonds. The van der Waals surface area contributed by atoms with E-state index < -0.39 is 5.41 Å². The predicted octanol–water partition coefficient (Wildman–Crippen LogP) is 9.99. The van der Waals surface area contributed by atoms with Gasteiger partial charge in [0.15, 0.2) is 0 Å². The maximum atomic E-state index is 5.38. The van der Waals surface area contributed by atoms with E-state index in [1.54, 1.807) is 0 Å². The second kappa shape index (κ2) is 9.63. The molecule has 8 aromatic rings. The molecular formula is C41H30N4. The van der Waals surface area contributed by atoms with Crippen molar-refractivity contribution >= 4 is 61.7 Å². The second-order valence-corrected chi connectivity index (χ2v) is 12.1. The van der Waals surface area contributed by atoms with Gasteiger partial charge in [-0.05, 0) is 72.8 Å². The Morgan fingerprint density at radius 1 is 0.622 bits per heavy atom. The molecule has 0 N–H and O–H groups in total. The van der Waals surface area contributed by atoms with Crippen LogP contribution in [0.15, 0.2) is 150 Å². The highest BCUT2D eigenvalue weighted by molar-refractivity contribution is 6.18. The summed E-state index contributed by atoms with van der Waals surface area (Å²) in [4.78, 5) is 9.61. The van der Waals surface area contributed by atoms with Crippen LogP contribution in [0.25, 0.3) is 49.3 Å². The van der Waals surface area contributed by atoms with Crippen LogP contribution in [0, 0.1) is 0 Å². The van der Waals surface area contributed by atoms with Crippen LogP contribution in [-0.4, -0.2) is 21.6 Å². The van der Waals surface area contributed by atoms with Crippen molar-refractivity contribution in [2.75, 3.05) is 0 Å². The summed E-state index contributed by atoms with van der Waals surface area (Å²) in [5.41, 5.74) is 11.1. The Balaban J connectivity index is 1.34. The van der Waals surface area contributed by atoms with Crippen LogP contribution in [-0.2, 0) is 12.1 Å². The van der Waals surface area contributed by atoms with Gasteiger partial charge in [0.25, 0.3) is 0 Å². The molecule has 0 fully saturated rings. The number of fused-ring (bicyclic) bond motifs is 7. The van der Waals surface area contributed by atoms with E-state index in [2.05, 4.69) is 167 Å². The molecule has 0 saturated heterocycles. The first-order chi connectivity index (χ1) is 22.2. The Bertz CT molecular complexity index is 2480. The summed E-state index contributed by atoms with van der Waals surface area (Å²) in [7, 11) is 0. The predicted molar refractivity (Wildman–Crippen MR) is 189 cm³/mol. The second-order valence-electron chi connectivity index (χ2n) is 12.1. The Labute approximate surface area is 261 Å². The number of aromatic nitrogens is 2. The number of benzene rings is 6. The monoisotopic (exact) mass is 578 g/mol. The molecule has 4 nitrogen and oxygen atoms in total. The number of hydrogen-bond donors (Lipinski definition) is 0. The van der Waals surface area contributed by atoms with Crippen LogP contribution in [0.3, 0.4) is 0 Å². The van der Waals surface area contributed by atoms with E-state index in [-0.39, 0.29) is 0 Å². The van der Waals surface area contributed by atoms with Crippen LogP contribution in [0.2, 0.25) is 0 Å². The Hall–Kier alpha value is -5.74. The molecule has 9 rings (SSSR count). The normalized spacial score (nSPS) is 16.1. The van der Waals surface area contributed by atoms with Gasteiger partial charge in [-0.2, -0.15) is 0 Å². The molecule has 0 bridgehead atoms. The number of nitrogens with zero attached hydrogens (tertiary/aromatic N) is 4. The van der Waals surface area contributed by atoms with Crippen molar-refractivity contribution in [2.24, 2.45) is 9.98 Å². The topological polar surface area (TPSA) is 34.6 Å². The molecule has 214 valence electrons. The van der Waals surface area contributed by atoms with Crippen molar-refractivity contribution in [3.8, 4) is 5.69 Å². The first-order valence-electron chi connectivity index (χ1n) is 15.4. The maximum Gasteiger partial charge on any atom is 0.114 e. The zero-order valence-corrected chi connectivity index (χ0v) is 25.0. The molecular weight excluding hydrogens is 548 g/mol. The summed E-state index contributed by atoms with van der Waals surface area (Å²) in [6.07, 6.45) is 0. The molecule has 3 heterocycles. The fraction of sp³-hybridized carbons (Fsp3) is 0.0732. The summed E-state index contributed by atoms with van der Waals surface area (Å²) in [5, 5.41) is 4.86. The summed E-state index contributed by atoms with van der Waals surface area (Å²) in [6, 6.07) is 50.2. The highest BCUT2D eigenvalue weighted by Gasteiger charge is 2.42. The van der Waals surface area contributed by atoms with Gasteiger partial charge < -0.3 is 9.13 Å². The standard InChI is InChI=1S/C41H30N4/c1-41(28-15-7-4-8-16-28)34-25-39-33(24-35(34)43-40(41)27-13-5-3-6-14-27)31-18-10-12-20-38(31)45(39)29-21-22-37-32(23-29)30-17-9-11-19-36(30)44(37)26-42-2/h3-25H,2,26H2,1H3. The summed E-state index contributed by atoms with van der Waals surface area (Å²) < 4.78 is 4.67. The first-order valence-corrected chi connectivity index (χ1v) is 15.4. The molecule has 0 saturated carbocycles. The summed E-state index contributed by atoms with van der Waals surface area (Å²) >= 11 is 0. The Morgan fingerprint density at radius 3 is 2.00 bits per heavy atom. The van der Waals surface area contributed by atoms with Gasteiger partial charge in [-0.25, -0.2) is 0 Å². The fourth-order valence-electron chi connectivity index (χ4n) is 7.58. The third-order valence-corrected chi connectivity index (χ3v) is 9.69. The summed E-state index contributed by atoms with van der Waals surface area (Å²) in [6.45, 7) is 6.63. The third kappa shape index (κ3) is 3.60. The molecule has 1 aliphatic rings. The number of para-hydroxylation sites is 2. The smallest absolute Gasteiger partial charge is 0.114 e. The van der Waals surface area contributed by atoms with Crippen molar-refractivity contribution in [1.82, 2.24) is 9.13 Å². The van der Waals surface area contributed by atoms with E-state index in [1.807, 2.05) is 0 Å². The molecule has 45 heavy (non-hydrogen) atoms. The molecule has 0 aliphatic carbocycles. The van der Waals surface area contributed by atoms with E-state index in [0.29, 0.717) is 6.67 Å². The minimum atomic E-state index is -0.414. The lowest BCUT2D eigenvalue weighted by atomic mass is 9.71. The van der Waals surface area contributed by atoms with Crippen molar-refractivity contribution in [3.63, 3.8) is 0 Å². The van der Waals surface area contributed by atoms with E-state index in [9.17, 15) is 0 Å². The molecule has 0 radical (unpaired) electrons. The molecule has 2 aromatic heterocycles. The molecule has 0 spiro atoms. The average Bonchev–Trinajstić information content (AvgIpc) is 3.70. The minimum Gasteiger partial charge on any atom is -0.320 e. The van der Waals surface area contributed by atoms with Gasteiger partial charge in [0.05, 0.1) is 38.9 Å². The van der Waals surface area contributed by atoms with Gasteiger partial charge in [0.1, 0.15) is 6.67 Å². The van der Waals surface area contributed by atoms with Gasteiger partial charge in [-0.1, -0.05) is 97.1 Å². The van der Waals surface area contributed by atoms with Crippen LogP contribution < -0.4 is 0 Å². The van der Waals surface area contributed by atoms with E-state index in [0.717, 1.165) is 28.2 Å². The van der Waals surface area contributed by atoms with Gasteiger partial charge in [0.2, 0.25) is 0 Å². The van der Waals surface area contributed by atoms with Gasteiger partial charge in [-0.3, -0.25) is 9.98 Å². The first kappa shape index (κ1) is 25.7. The number of rotatable bonds is 5. The fourth-order valence-corrected chi connectivity index (χ4v) is 7.58. The molecule has 4 heteroatoms. The highest BCUT2D eigenvalue weighted by Crippen LogP contribution is 2.49. The molecule has 1 unspecified atom stereocenters. The lowest BCUT2D eigenvalue weighted by molar-refractivity contribution is 0.794. The lowest BCUT2D eigenvalue weighted by Gasteiger charge is -2.29. The highest BCUT2D eigenvalue weighted by atomic mass is 15.1. The van der Waals surface area contributed by atoms with Gasteiger partial charge in [0, 0.05) is 27.2 Å². The average molecular weight is 579 g/mol. The van der Waals surface area contributed by atoms with Crippen molar-refractivity contribution in [1.29, 1.82) is 0 Å². The van der Waals surface area contributed by atoms with E-state index in [4.69, 9.17) is 4.99 Å². The van der Waals surface area contributed by atoms with Crippen molar-refractivity contribution in [3.05, 3.63) is 156 Å². The molecule has 6 aromatic carbocycles. The van der Waals surface area contributed by atoms with E-state index in [1.165, 1.54) is 49.2 Å². The van der Waals surface area contributed by atoms with Crippen LogP contribution >= 0.6 is 0 Å². The Kier molecular flexibility index (Phi) is 5.51. The molecule has 1 aliphatic heterocycles.